The molecule has 0 radical (unpaired) electrons. The van der Waals surface area contributed by atoms with Gasteiger partial charge in [0.2, 0.25) is 0 Å². The zero-order valence-corrected chi connectivity index (χ0v) is 8.55. The molecule has 1 saturated heterocycles. The van der Waals surface area contributed by atoms with Gasteiger partial charge in [0, 0.05) is 12.5 Å². The van der Waals surface area contributed by atoms with E-state index in [-0.39, 0.29) is 12.5 Å². The van der Waals surface area contributed by atoms with E-state index in [9.17, 15) is 4.79 Å². The highest BCUT2D eigenvalue weighted by Crippen LogP contribution is 2.24. The van der Waals surface area contributed by atoms with Crippen molar-refractivity contribution in [3.05, 3.63) is 0 Å². The summed E-state index contributed by atoms with van der Waals surface area (Å²) in [5, 5.41) is 8.55. The lowest BCUT2D eigenvalue weighted by Crippen LogP contribution is -2.30. The van der Waals surface area contributed by atoms with E-state index in [0.29, 0.717) is 5.92 Å². The Bertz CT molecular complexity index is 175. The molecule has 0 bridgehead atoms. The molecule has 1 fully saturated rings. The van der Waals surface area contributed by atoms with Gasteiger partial charge >= 0.3 is 5.97 Å². The van der Waals surface area contributed by atoms with Gasteiger partial charge in [0.15, 0.2) is 0 Å². The Morgan fingerprint density at radius 1 is 1.46 bits per heavy atom. The first-order valence-corrected chi connectivity index (χ1v) is 5.90. The van der Waals surface area contributed by atoms with Crippen LogP contribution >= 0.6 is 11.8 Å². The molecule has 0 aromatic rings. The monoisotopic (exact) mass is 203 g/mol. The maximum absolute atomic E-state index is 10.4. The average molecular weight is 203 g/mol. The molecule has 1 heterocycles. The summed E-state index contributed by atoms with van der Waals surface area (Å²) in [7, 11) is 0. The van der Waals surface area contributed by atoms with Crippen molar-refractivity contribution in [1.29, 1.82) is 0 Å². The van der Waals surface area contributed by atoms with Crippen molar-refractivity contribution in [2.75, 3.05) is 11.5 Å². The van der Waals surface area contributed by atoms with Crippen LogP contribution in [-0.2, 0) is 4.79 Å². The summed E-state index contributed by atoms with van der Waals surface area (Å²) in [5.41, 5.74) is 5.96. The molecule has 3 nitrogen and oxygen atoms in total. The fourth-order valence-corrected chi connectivity index (χ4v) is 2.79. The lowest BCUT2D eigenvalue weighted by Gasteiger charge is -2.19. The largest absolute Gasteiger partial charge is 0.481 e. The molecular formula is C9H17NO2S. The number of rotatable bonds is 3. The van der Waals surface area contributed by atoms with Crippen LogP contribution < -0.4 is 5.73 Å². The van der Waals surface area contributed by atoms with Crippen molar-refractivity contribution < 1.29 is 9.90 Å². The smallest absolute Gasteiger partial charge is 0.303 e. The maximum atomic E-state index is 10.4. The van der Waals surface area contributed by atoms with Gasteiger partial charge < -0.3 is 10.8 Å². The summed E-state index contributed by atoms with van der Waals surface area (Å²) in [6.07, 6.45) is 3.13. The Hall–Kier alpha value is -0.220. The van der Waals surface area contributed by atoms with E-state index in [1.807, 2.05) is 11.8 Å². The average Bonchev–Trinajstić information content (AvgIpc) is 2.27. The number of hydrogen-bond acceptors (Lipinski definition) is 3. The molecule has 13 heavy (non-hydrogen) atoms. The van der Waals surface area contributed by atoms with Crippen molar-refractivity contribution in [1.82, 2.24) is 0 Å². The highest BCUT2D eigenvalue weighted by molar-refractivity contribution is 7.99. The summed E-state index contributed by atoms with van der Waals surface area (Å²) in [6, 6.07) is 0.217. The molecule has 1 rings (SSSR count). The Balaban J connectivity index is 2.31. The second-order valence-electron chi connectivity index (χ2n) is 3.55. The number of carbonyl (C=O) groups is 1. The number of thioether (sulfide) groups is 1. The number of hydrogen-bond donors (Lipinski definition) is 2. The third-order valence-electron chi connectivity index (χ3n) is 2.56. The van der Waals surface area contributed by atoms with Crippen LogP contribution in [0.2, 0.25) is 0 Å². The number of aliphatic carboxylic acids is 1. The van der Waals surface area contributed by atoms with Crippen molar-refractivity contribution >= 4 is 17.7 Å². The van der Waals surface area contributed by atoms with E-state index < -0.39 is 5.97 Å². The minimum atomic E-state index is -0.705. The molecule has 0 aromatic carbocycles. The first kappa shape index (κ1) is 10.9. The molecule has 3 N–H and O–H groups in total. The topological polar surface area (TPSA) is 63.3 Å². The third kappa shape index (κ3) is 4.00. The Kier molecular flexibility index (Phi) is 4.59. The van der Waals surface area contributed by atoms with Crippen molar-refractivity contribution in [2.24, 2.45) is 11.7 Å². The van der Waals surface area contributed by atoms with E-state index in [1.54, 1.807) is 0 Å². The predicted molar refractivity (Wildman–Crippen MR) is 54.9 cm³/mol. The van der Waals surface area contributed by atoms with Gasteiger partial charge in [-0.2, -0.15) is 11.8 Å². The third-order valence-corrected chi connectivity index (χ3v) is 3.61. The number of nitrogens with two attached hydrogens (primary N) is 1. The SMILES string of the molecule is N[C@H]1CCSCC[C@@H]1CCC(=O)O. The van der Waals surface area contributed by atoms with Crippen LogP contribution in [0.15, 0.2) is 0 Å². The Morgan fingerprint density at radius 2 is 2.15 bits per heavy atom. The predicted octanol–water partition coefficient (Wildman–Crippen LogP) is 1.32. The standard InChI is InChI=1S/C9H17NO2S/c10-8-4-6-13-5-3-7(8)1-2-9(11)12/h7-8H,1-6,10H2,(H,11,12)/t7-,8-/m0/s1. The van der Waals surface area contributed by atoms with Crippen LogP contribution in [0, 0.1) is 5.92 Å². The van der Waals surface area contributed by atoms with Crippen LogP contribution in [0.4, 0.5) is 0 Å². The highest BCUT2D eigenvalue weighted by Gasteiger charge is 2.20. The number of carboxylic acid groups (broad SMARTS) is 1. The molecule has 0 aliphatic carbocycles. The Labute approximate surface area is 83.1 Å². The second-order valence-corrected chi connectivity index (χ2v) is 4.77. The summed E-state index contributed by atoms with van der Waals surface area (Å²) in [6.45, 7) is 0. The molecular weight excluding hydrogens is 186 g/mol. The molecule has 0 spiro atoms. The van der Waals surface area contributed by atoms with Crippen LogP contribution in [0.3, 0.4) is 0 Å². The summed E-state index contributed by atoms with van der Waals surface area (Å²) in [4.78, 5) is 10.4. The van der Waals surface area contributed by atoms with Crippen molar-refractivity contribution in [2.45, 2.75) is 31.7 Å². The molecule has 76 valence electrons. The van der Waals surface area contributed by atoms with E-state index >= 15 is 0 Å². The van der Waals surface area contributed by atoms with Gasteiger partial charge in [-0.15, -0.1) is 0 Å². The fourth-order valence-electron chi connectivity index (χ4n) is 1.67. The fraction of sp³-hybridized carbons (Fsp3) is 0.889. The molecule has 2 atom stereocenters. The van der Waals surface area contributed by atoms with Gasteiger partial charge in [0.05, 0.1) is 0 Å². The van der Waals surface area contributed by atoms with Crippen LogP contribution in [0.5, 0.6) is 0 Å². The Morgan fingerprint density at radius 3 is 2.85 bits per heavy atom. The summed E-state index contributed by atoms with van der Waals surface area (Å²) < 4.78 is 0. The molecule has 1 aliphatic rings. The number of carboxylic acids is 1. The van der Waals surface area contributed by atoms with Gasteiger partial charge in [-0.1, -0.05) is 0 Å². The molecule has 0 saturated carbocycles. The molecule has 0 unspecified atom stereocenters. The van der Waals surface area contributed by atoms with Crippen molar-refractivity contribution in [3.63, 3.8) is 0 Å². The summed E-state index contributed by atoms with van der Waals surface area (Å²) in [5.74, 6) is 1.98. The van der Waals surface area contributed by atoms with Gasteiger partial charge in [-0.3, -0.25) is 4.79 Å². The molecule has 1 aliphatic heterocycles. The molecule has 4 heteroatoms. The zero-order valence-electron chi connectivity index (χ0n) is 7.74. The highest BCUT2D eigenvalue weighted by atomic mass is 32.2. The normalized spacial score (nSPS) is 29.6. The van der Waals surface area contributed by atoms with Crippen LogP contribution in [0.1, 0.15) is 25.7 Å². The first-order chi connectivity index (χ1) is 6.20. The lowest BCUT2D eigenvalue weighted by atomic mass is 9.91. The minimum Gasteiger partial charge on any atom is -0.481 e. The van der Waals surface area contributed by atoms with Gasteiger partial charge in [-0.25, -0.2) is 0 Å². The maximum Gasteiger partial charge on any atom is 0.303 e. The molecule has 0 amide bonds. The second kappa shape index (κ2) is 5.50. The van der Waals surface area contributed by atoms with E-state index in [1.165, 1.54) is 0 Å². The lowest BCUT2D eigenvalue weighted by molar-refractivity contribution is -0.137. The zero-order chi connectivity index (χ0) is 9.68. The van der Waals surface area contributed by atoms with Crippen molar-refractivity contribution in [3.8, 4) is 0 Å². The quantitative estimate of drug-likeness (QED) is 0.726. The summed E-state index contributed by atoms with van der Waals surface area (Å²) >= 11 is 1.93. The van der Waals surface area contributed by atoms with E-state index in [2.05, 4.69) is 0 Å². The van der Waals surface area contributed by atoms with Gasteiger partial charge in [-0.05, 0) is 36.7 Å². The van der Waals surface area contributed by atoms with Crippen LogP contribution in [-0.4, -0.2) is 28.6 Å². The minimum absolute atomic E-state index is 0.217. The van der Waals surface area contributed by atoms with E-state index in [0.717, 1.165) is 30.8 Å². The van der Waals surface area contributed by atoms with E-state index in [4.69, 9.17) is 10.8 Å². The molecule has 0 aromatic heterocycles. The van der Waals surface area contributed by atoms with Gasteiger partial charge in [0.25, 0.3) is 0 Å². The first-order valence-electron chi connectivity index (χ1n) is 4.75. The van der Waals surface area contributed by atoms with Gasteiger partial charge in [0.1, 0.15) is 0 Å². The van der Waals surface area contributed by atoms with Crippen LogP contribution in [0.25, 0.3) is 0 Å².